The molecule has 0 aliphatic carbocycles. The zero-order chi connectivity index (χ0) is 14.5. The smallest absolute Gasteiger partial charge is 0.125 e. The predicted octanol–water partition coefficient (Wildman–Crippen LogP) is 3.82. The van der Waals surface area contributed by atoms with Crippen LogP contribution >= 0.6 is 0 Å². The van der Waals surface area contributed by atoms with Gasteiger partial charge in [0.05, 0.1) is 11.0 Å². The van der Waals surface area contributed by atoms with Gasteiger partial charge >= 0.3 is 0 Å². The molecule has 2 aromatic rings. The number of hydrogen-bond acceptors (Lipinski definition) is 2. The van der Waals surface area contributed by atoms with Gasteiger partial charge in [-0.2, -0.15) is 0 Å². The summed E-state index contributed by atoms with van der Waals surface area (Å²) in [6.07, 6.45) is 5.49. The fourth-order valence-electron chi connectivity index (χ4n) is 2.66. The summed E-state index contributed by atoms with van der Waals surface area (Å²) in [5, 5.41) is 0. The topological polar surface area (TPSA) is 43.8 Å². The van der Waals surface area contributed by atoms with E-state index in [2.05, 4.69) is 23.4 Å². The first kappa shape index (κ1) is 15.0. The Hall–Kier alpha value is -1.42. The van der Waals surface area contributed by atoms with Gasteiger partial charge in [0.1, 0.15) is 11.6 Å². The van der Waals surface area contributed by atoms with Gasteiger partial charge in [0.15, 0.2) is 0 Å². The van der Waals surface area contributed by atoms with Gasteiger partial charge in [-0.25, -0.2) is 9.37 Å². The lowest BCUT2D eigenvalue weighted by molar-refractivity contribution is 0.561. The second-order valence-corrected chi connectivity index (χ2v) is 5.58. The summed E-state index contributed by atoms with van der Waals surface area (Å²) in [5.74, 6) is 0.841. The number of aryl methyl sites for hydroxylation is 1. The van der Waals surface area contributed by atoms with E-state index in [1.165, 1.54) is 25.0 Å². The summed E-state index contributed by atoms with van der Waals surface area (Å²) in [6, 6.07) is 5.19. The molecule has 0 saturated heterocycles. The van der Waals surface area contributed by atoms with Crippen LogP contribution in [-0.2, 0) is 6.42 Å². The van der Waals surface area contributed by atoms with Crippen LogP contribution in [0.15, 0.2) is 18.2 Å². The van der Waals surface area contributed by atoms with Crippen LogP contribution in [0.3, 0.4) is 0 Å². The van der Waals surface area contributed by atoms with Crippen LogP contribution in [0.25, 0.3) is 11.0 Å². The SMILES string of the molecule is CC(C)n1c(CCCCCCN)nc2cc(F)ccc21. The van der Waals surface area contributed by atoms with E-state index in [9.17, 15) is 4.39 Å². The van der Waals surface area contributed by atoms with E-state index in [0.29, 0.717) is 6.04 Å². The minimum Gasteiger partial charge on any atom is -0.330 e. The largest absolute Gasteiger partial charge is 0.330 e. The van der Waals surface area contributed by atoms with Crippen molar-refractivity contribution in [3.05, 3.63) is 29.8 Å². The minimum atomic E-state index is -0.222. The molecule has 110 valence electrons. The van der Waals surface area contributed by atoms with Gasteiger partial charge in [0, 0.05) is 18.5 Å². The maximum Gasteiger partial charge on any atom is 0.125 e. The van der Waals surface area contributed by atoms with Crippen molar-refractivity contribution in [3.8, 4) is 0 Å². The molecule has 0 radical (unpaired) electrons. The summed E-state index contributed by atoms with van der Waals surface area (Å²) < 4.78 is 15.5. The number of fused-ring (bicyclic) bond motifs is 1. The zero-order valence-corrected chi connectivity index (χ0v) is 12.4. The van der Waals surface area contributed by atoms with Crippen LogP contribution in [0.5, 0.6) is 0 Å². The first-order chi connectivity index (χ1) is 9.63. The number of unbranched alkanes of at least 4 members (excludes halogenated alkanes) is 3. The quantitative estimate of drug-likeness (QED) is 0.782. The molecular formula is C16H24FN3. The Morgan fingerprint density at radius 1 is 1.20 bits per heavy atom. The third kappa shape index (κ3) is 3.37. The first-order valence-electron chi connectivity index (χ1n) is 7.50. The maximum absolute atomic E-state index is 13.3. The molecule has 2 N–H and O–H groups in total. The molecule has 0 bridgehead atoms. The molecule has 1 aromatic heterocycles. The lowest BCUT2D eigenvalue weighted by atomic mass is 10.1. The van der Waals surface area contributed by atoms with E-state index >= 15 is 0 Å². The summed E-state index contributed by atoms with van der Waals surface area (Å²) in [5.41, 5.74) is 7.28. The minimum absolute atomic E-state index is 0.222. The fourth-order valence-corrected chi connectivity index (χ4v) is 2.66. The summed E-state index contributed by atoms with van der Waals surface area (Å²) in [7, 11) is 0. The molecule has 2 rings (SSSR count). The Labute approximate surface area is 120 Å². The van der Waals surface area contributed by atoms with Gasteiger partial charge < -0.3 is 10.3 Å². The summed E-state index contributed by atoms with van der Waals surface area (Å²) >= 11 is 0. The molecular weight excluding hydrogens is 253 g/mol. The van der Waals surface area contributed by atoms with Gasteiger partial charge in [-0.1, -0.05) is 12.8 Å². The number of hydrogen-bond donors (Lipinski definition) is 1. The molecule has 0 spiro atoms. The molecule has 0 atom stereocenters. The van der Waals surface area contributed by atoms with Crippen LogP contribution in [0.2, 0.25) is 0 Å². The van der Waals surface area contributed by atoms with E-state index < -0.39 is 0 Å². The van der Waals surface area contributed by atoms with Crippen molar-refractivity contribution in [2.45, 2.75) is 52.0 Å². The highest BCUT2D eigenvalue weighted by molar-refractivity contribution is 5.76. The lowest BCUT2D eigenvalue weighted by Gasteiger charge is -2.13. The van der Waals surface area contributed by atoms with Crippen molar-refractivity contribution >= 4 is 11.0 Å². The second-order valence-electron chi connectivity index (χ2n) is 5.58. The van der Waals surface area contributed by atoms with Crippen molar-refractivity contribution in [1.29, 1.82) is 0 Å². The van der Waals surface area contributed by atoms with Crippen LogP contribution in [-0.4, -0.2) is 16.1 Å². The van der Waals surface area contributed by atoms with Gasteiger partial charge in [-0.3, -0.25) is 0 Å². The average Bonchev–Trinajstić information content (AvgIpc) is 2.75. The number of nitrogens with two attached hydrogens (primary N) is 1. The molecule has 20 heavy (non-hydrogen) atoms. The van der Waals surface area contributed by atoms with Gasteiger partial charge in [-0.15, -0.1) is 0 Å². The fraction of sp³-hybridized carbons (Fsp3) is 0.562. The molecule has 0 amide bonds. The van der Waals surface area contributed by atoms with Crippen molar-refractivity contribution < 1.29 is 4.39 Å². The Kier molecular flexibility index (Phi) is 5.12. The van der Waals surface area contributed by atoms with Gasteiger partial charge in [0.25, 0.3) is 0 Å². The molecule has 1 heterocycles. The Morgan fingerprint density at radius 2 is 1.95 bits per heavy atom. The van der Waals surface area contributed by atoms with E-state index in [-0.39, 0.29) is 5.82 Å². The van der Waals surface area contributed by atoms with E-state index in [1.54, 1.807) is 0 Å². The van der Waals surface area contributed by atoms with Crippen LogP contribution in [0.4, 0.5) is 4.39 Å². The van der Waals surface area contributed by atoms with Crippen molar-refractivity contribution in [2.24, 2.45) is 5.73 Å². The highest BCUT2D eigenvalue weighted by Crippen LogP contribution is 2.23. The molecule has 0 aliphatic heterocycles. The normalized spacial score (nSPS) is 11.7. The van der Waals surface area contributed by atoms with Gasteiger partial charge in [-0.05, 0) is 45.4 Å². The number of aromatic nitrogens is 2. The van der Waals surface area contributed by atoms with Crippen molar-refractivity contribution in [3.63, 3.8) is 0 Å². The van der Waals surface area contributed by atoms with Crippen LogP contribution in [0.1, 0.15) is 51.4 Å². The molecule has 3 nitrogen and oxygen atoms in total. The second kappa shape index (κ2) is 6.84. The summed E-state index contributed by atoms with van der Waals surface area (Å²) in [6.45, 7) is 5.05. The van der Waals surface area contributed by atoms with Crippen molar-refractivity contribution in [1.82, 2.24) is 9.55 Å². The van der Waals surface area contributed by atoms with Gasteiger partial charge in [0.2, 0.25) is 0 Å². The van der Waals surface area contributed by atoms with E-state index in [0.717, 1.165) is 42.7 Å². The molecule has 0 fully saturated rings. The Bertz CT molecular complexity index is 560. The number of imidazole rings is 1. The van der Waals surface area contributed by atoms with E-state index in [1.807, 2.05) is 6.07 Å². The Balaban J connectivity index is 2.16. The maximum atomic E-state index is 13.3. The van der Waals surface area contributed by atoms with Crippen LogP contribution in [0, 0.1) is 5.82 Å². The predicted molar refractivity (Wildman–Crippen MR) is 81.3 cm³/mol. The number of halogens is 1. The number of benzene rings is 1. The number of nitrogens with zero attached hydrogens (tertiary/aromatic N) is 2. The summed E-state index contributed by atoms with van der Waals surface area (Å²) in [4.78, 5) is 4.61. The molecule has 4 heteroatoms. The zero-order valence-electron chi connectivity index (χ0n) is 12.4. The monoisotopic (exact) mass is 277 g/mol. The molecule has 0 unspecified atom stereocenters. The average molecular weight is 277 g/mol. The van der Waals surface area contributed by atoms with Crippen molar-refractivity contribution in [2.75, 3.05) is 6.54 Å². The standard InChI is InChI=1S/C16H24FN3/c1-12(2)20-15-9-8-13(17)11-14(15)19-16(20)7-5-3-4-6-10-18/h8-9,11-12H,3-7,10,18H2,1-2H3. The number of rotatable bonds is 7. The Morgan fingerprint density at radius 3 is 2.65 bits per heavy atom. The molecule has 1 aromatic carbocycles. The highest BCUT2D eigenvalue weighted by Gasteiger charge is 2.13. The van der Waals surface area contributed by atoms with E-state index in [4.69, 9.17) is 5.73 Å². The molecule has 0 saturated carbocycles. The highest BCUT2D eigenvalue weighted by atomic mass is 19.1. The molecule has 0 aliphatic rings. The van der Waals surface area contributed by atoms with Crippen LogP contribution < -0.4 is 5.73 Å². The lowest BCUT2D eigenvalue weighted by Crippen LogP contribution is -2.06. The third-order valence-electron chi connectivity index (χ3n) is 3.60. The first-order valence-corrected chi connectivity index (χ1v) is 7.50. The third-order valence-corrected chi connectivity index (χ3v) is 3.60.